The fourth-order valence-electron chi connectivity index (χ4n) is 2.01. The molecular weight excluding hydrogens is 252 g/mol. The summed E-state index contributed by atoms with van der Waals surface area (Å²) >= 11 is 0. The van der Waals surface area contributed by atoms with E-state index in [1.54, 1.807) is 24.3 Å². The topological polar surface area (TPSA) is 57.5 Å². The van der Waals surface area contributed by atoms with Crippen molar-refractivity contribution in [2.24, 2.45) is 0 Å². The van der Waals surface area contributed by atoms with E-state index >= 15 is 0 Å². The van der Waals surface area contributed by atoms with Crippen LogP contribution in [0.5, 0.6) is 0 Å². The highest BCUT2D eigenvalue weighted by molar-refractivity contribution is 5.96. The van der Waals surface area contributed by atoms with Crippen LogP contribution in [0, 0.1) is 0 Å². The van der Waals surface area contributed by atoms with E-state index in [2.05, 4.69) is 0 Å². The fourth-order valence-corrected chi connectivity index (χ4v) is 2.01. The lowest BCUT2D eigenvalue weighted by molar-refractivity contribution is 0.0982. The van der Waals surface area contributed by atoms with Gasteiger partial charge in [0.25, 0.3) is 0 Å². The van der Waals surface area contributed by atoms with E-state index < -0.39 is 0 Å². The molecule has 2 N–H and O–H groups in total. The number of aliphatic hydroxyl groups excluding tert-OH is 2. The molecule has 0 aromatic heterocycles. The van der Waals surface area contributed by atoms with Crippen LogP contribution in [0.25, 0.3) is 0 Å². The van der Waals surface area contributed by atoms with Crippen molar-refractivity contribution in [1.82, 2.24) is 0 Å². The summed E-state index contributed by atoms with van der Waals surface area (Å²) in [5.74, 6) is 0.0979. The third kappa shape index (κ3) is 3.76. The van der Waals surface area contributed by atoms with Crippen LogP contribution in [-0.2, 0) is 19.6 Å². The molecule has 0 aliphatic heterocycles. The Hall–Kier alpha value is -1.97. The molecule has 2 aromatic rings. The fraction of sp³-hybridized carbons (Fsp3) is 0.235. The van der Waals surface area contributed by atoms with E-state index in [9.17, 15) is 4.79 Å². The van der Waals surface area contributed by atoms with Gasteiger partial charge < -0.3 is 10.2 Å². The Morgan fingerprint density at radius 1 is 0.750 bits per heavy atom. The van der Waals surface area contributed by atoms with Crippen molar-refractivity contribution in [2.75, 3.05) is 0 Å². The number of hydrogen-bond acceptors (Lipinski definition) is 3. The van der Waals surface area contributed by atoms with Crippen LogP contribution in [0.15, 0.2) is 48.5 Å². The molecule has 0 saturated carbocycles. The maximum Gasteiger partial charge on any atom is 0.163 e. The second kappa shape index (κ2) is 6.98. The van der Waals surface area contributed by atoms with E-state index in [1.165, 1.54) is 0 Å². The normalized spacial score (nSPS) is 10.5. The van der Waals surface area contributed by atoms with Gasteiger partial charge in [0.1, 0.15) is 0 Å². The number of aliphatic hydroxyl groups is 2. The average molecular weight is 270 g/mol. The highest BCUT2D eigenvalue weighted by Gasteiger charge is 2.06. The Balaban J connectivity index is 1.93. The van der Waals surface area contributed by atoms with E-state index in [1.807, 2.05) is 24.3 Å². The van der Waals surface area contributed by atoms with Crippen molar-refractivity contribution in [1.29, 1.82) is 0 Å². The van der Waals surface area contributed by atoms with Gasteiger partial charge in [-0.05, 0) is 23.1 Å². The molecule has 0 aliphatic rings. The molecule has 0 heterocycles. The first-order valence-corrected chi connectivity index (χ1v) is 6.64. The van der Waals surface area contributed by atoms with Gasteiger partial charge in [0.15, 0.2) is 5.78 Å². The van der Waals surface area contributed by atoms with Crippen LogP contribution < -0.4 is 0 Å². The van der Waals surface area contributed by atoms with Gasteiger partial charge in [-0.3, -0.25) is 4.79 Å². The number of ketones is 1. The van der Waals surface area contributed by atoms with Gasteiger partial charge >= 0.3 is 0 Å². The van der Waals surface area contributed by atoms with Crippen molar-refractivity contribution < 1.29 is 15.0 Å². The minimum Gasteiger partial charge on any atom is -0.392 e. The largest absolute Gasteiger partial charge is 0.392 e. The van der Waals surface area contributed by atoms with Gasteiger partial charge in [-0.15, -0.1) is 0 Å². The first kappa shape index (κ1) is 14.4. The molecule has 2 rings (SSSR count). The number of Topliss-reactive ketones (excluding diaryl/α,β-unsaturated/α-hetero) is 1. The van der Waals surface area contributed by atoms with Crippen molar-refractivity contribution in [2.45, 2.75) is 26.1 Å². The third-order valence-electron chi connectivity index (χ3n) is 3.30. The quantitative estimate of drug-likeness (QED) is 0.793. The van der Waals surface area contributed by atoms with E-state index in [-0.39, 0.29) is 19.0 Å². The highest BCUT2D eigenvalue weighted by Crippen LogP contribution is 2.11. The lowest BCUT2D eigenvalue weighted by Crippen LogP contribution is -2.01. The monoisotopic (exact) mass is 270 g/mol. The van der Waals surface area contributed by atoms with E-state index in [0.29, 0.717) is 18.4 Å². The highest BCUT2D eigenvalue weighted by atomic mass is 16.3. The molecule has 0 bridgehead atoms. The Bertz CT molecular complexity index is 556. The Morgan fingerprint density at radius 2 is 1.20 bits per heavy atom. The lowest BCUT2D eigenvalue weighted by atomic mass is 10.0. The molecule has 0 aliphatic carbocycles. The van der Waals surface area contributed by atoms with Gasteiger partial charge in [0.05, 0.1) is 13.2 Å². The molecule has 0 saturated heterocycles. The molecule has 3 nitrogen and oxygen atoms in total. The standard InChI is InChI=1S/C17H18O3/c18-11-14-3-1-13(2-4-14)7-10-17(20)16-8-5-15(12-19)6-9-16/h1-6,8-9,18-19H,7,10-12H2. The van der Waals surface area contributed by atoms with Crippen molar-refractivity contribution in [3.05, 3.63) is 70.8 Å². The number of hydrogen-bond donors (Lipinski definition) is 2. The van der Waals surface area contributed by atoms with Crippen LogP contribution in [0.2, 0.25) is 0 Å². The van der Waals surface area contributed by atoms with Crippen molar-refractivity contribution in [3.8, 4) is 0 Å². The zero-order chi connectivity index (χ0) is 14.4. The minimum atomic E-state index is -0.00826. The third-order valence-corrected chi connectivity index (χ3v) is 3.30. The molecule has 104 valence electrons. The minimum absolute atomic E-state index is 0.00826. The maximum atomic E-state index is 12.0. The van der Waals surface area contributed by atoms with E-state index in [4.69, 9.17) is 10.2 Å². The summed E-state index contributed by atoms with van der Waals surface area (Å²) in [6, 6.07) is 14.7. The summed E-state index contributed by atoms with van der Waals surface area (Å²) < 4.78 is 0. The van der Waals surface area contributed by atoms with Gasteiger partial charge in [-0.2, -0.15) is 0 Å². The van der Waals surface area contributed by atoms with Crippen LogP contribution in [0.3, 0.4) is 0 Å². The molecule has 0 amide bonds. The second-order valence-electron chi connectivity index (χ2n) is 4.75. The van der Waals surface area contributed by atoms with Gasteiger partial charge in [-0.1, -0.05) is 48.5 Å². The SMILES string of the molecule is O=C(CCc1ccc(CO)cc1)c1ccc(CO)cc1. The van der Waals surface area contributed by atoms with Crippen LogP contribution >= 0.6 is 0 Å². The molecule has 20 heavy (non-hydrogen) atoms. The number of aryl methyl sites for hydroxylation is 1. The Labute approximate surface area is 118 Å². The molecule has 0 radical (unpaired) electrons. The van der Waals surface area contributed by atoms with Gasteiger partial charge in [-0.25, -0.2) is 0 Å². The zero-order valence-electron chi connectivity index (χ0n) is 11.2. The molecule has 0 fully saturated rings. The molecule has 0 unspecified atom stereocenters. The first-order valence-electron chi connectivity index (χ1n) is 6.64. The molecule has 2 aromatic carbocycles. The average Bonchev–Trinajstić information content (AvgIpc) is 2.53. The van der Waals surface area contributed by atoms with Crippen LogP contribution in [0.4, 0.5) is 0 Å². The number of carbonyl (C=O) groups is 1. The Morgan fingerprint density at radius 3 is 1.70 bits per heavy atom. The zero-order valence-corrected chi connectivity index (χ0v) is 11.2. The smallest absolute Gasteiger partial charge is 0.163 e. The summed E-state index contributed by atoms with van der Waals surface area (Å²) in [6.45, 7) is 0.0299. The second-order valence-corrected chi connectivity index (χ2v) is 4.75. The summed E-state index contributed by atoms with van der Waals surface area (Å²) in [4.78, 5) is 12.0. The number of rotatable bonds is 6. The maximum absolute atomic E-state index is 12.0. The summed E-state index contributed by atoms with van der Waals surface area (Å²) in [5.41, 5.74) is 3.44. The van der Waals surface area contributed by atoms with Crippen LogP contribution in [-0.4, -0.2) is 16.0 Å². The van der Waals surface area contributed by atoms with Crippen molar-refractivity contribution in [3.63, 3.8) is 0 Å². The summed E-state index contributed by atoms with van der Waals surface area (Å²) in [7, 11) is 0. The van der Waals surface area contributed by atoms with Crippen LogP contribution in [0.1, 0.15) is 33.5 Å². The van der Waals surface area contributed by atoms with Crippen molar-refractivity contribution >= 4 is 5.78 Å². The number of carbonyl (C=O) groups excluding carboxylic acids is 1. The number of benzene rings is 2. The molecule has 0 spiro atoms. The first-order chi connectivity index (χ1) is 9.72. The van der Waals surface area contributed by atoms with Gasteiger partial charge in [0.2, 0.25) is 0 Å². The molecule has 3 heteroatoms. The lowest BCUT2D eigenvalue weighted by Gasteiger charge is -2.04. The Kier molecular flexibility index (Phi) is 5.04. The predicted octanol–water partition coefficient (Wildman–Crippen LogP) is 2.49. The predicted molar refractivity (Wildman–Crippen MR) is 77.4 cm³/mol. The molecular formula is C17H18O3. The van der Waals surface area contributed by atoms with Gasteiger partial charge in [0, 0.05) is 12.0 Å². The summed E-state index contributed by atoms with van der Waals surface area (Å²) in [5, 5.41) is 17.9. The summed E-state index contributed by atoms with van der Waals surface area (Å²) in [6.07, 6.45) is 1.14. The molecule has 0 atom stereocenters. The van der Waals surface area contributed by atoms with E-state index in [0.717, 1.165) is 16.7 Å².